The average Bonchev–Trinajstić information content (AvgIpc) is 3.11. The zero-order chi connectivity index (χ0) is 17.3. The van der Waals surface area contributed by atoms with Crippen LogP contribution in [-0.2, 0) is 10.0 Å². The maximum absolute atomic E-state index is 12.8. The predicted molar refractivity (Wildman–Crippen MR) is 89.3 cm³/mol. The van der Waals surface area contributed by atoms with Crippen molar-refractivity contribution in [3.8, 4) is 0 Å². The quantitative estimate of drug-likeness (QED) is 0.851. The summed E-state index contributed by atoms with van der Waals surface area (Å²) in [5.74, 6) is -0.132. The van der Waals surface area contributed by atoms with Gasteiger partial charge in [0.05, 0.1) is 16.7 Å². The van der Waals surface area contributed by atoms with Crippen LogP contribution in [-0.4, -0.2) is 49.7 Å². The molecule has 0 spiro atoms. The number of benzene rings is 1. The SMILES string of the molecule is Cc1ccc(S(=O)(=O)N2CCN(C(=O)c3ccoc3)CC2)cc1C. The van der Waals surface area contributed by atoms with E-state index < -0.39 is 10.0 Å². The van der Waals surface area contributed by atoms with Crippen LogP contribution in [0.1, 0.15) is 21.5 Å². The minimum Gasteiger partial charge on any atom is -0.472 e. The Morgan fingerprint density at radius 1 is 1.04 bits per heavy atom. The molecule has 0 N–H and O–H groups in total. The van der Waals surface area contributed by atoms with Gasteiger partial charge in [-0.1, -0.05) is 6.07 Å². The number of carbonyl (C=O) groups is 1. The van der Waals surface area contributed by atoms with E-state index in [0.717, 1.165) is 11.1 Å². The summed E-state index contributed by atoms with van der Waals surface area (Å²) in [5, 5.41) is 0. The van der Waals surface area contributed by atoms with Crippen molar-refractivity contribution in [2.45, 2.75) is 18.7 Å². The lowest BCUT2D eigenvalue weighted by molar-refractivity contribution is 0.0697. The van der Waals surface area contributed by atoms with Gasteiger partial charge in [0.25, 0.3) is 5.91 Å². The van der Waals surface area contributed by atoms with Crippen LogP contribution in [0.2, 0.25) is 0 Å². The van der Waals surface area contributed by atoms with Gasteiger partial charge in [-0.2, -0.15) is 4.31 Å². The first-order chi connectivity index (χ1) is 11.4. The molecule has 1 amide bonds. The van der Waals surface area contributed by atoms with E-state index in [9.17, 15) is 13.2 Å². The molecule has 6 nitrogen and oxygen atoms in total. The van der Waals surface area contributed by atoms with Gasteiger partial charge in [-0.25, -0.2) is 8.42 Å². The standard InChI is InChI=1S/C17H20N2O4S/c1-13-3-4-16(11-14(13)2)24(21,22)19-8-6-18(7-9-19)17(20)15-5-10-23-12-15/h3-5,10-12H,6-9H2,1-2H3. The summed E-state index contributed by atoms with van der Waals surface area (Å²) < 4.78 is 31.9. The molecule has 2 heterocycles. The van der Waals surface area contributed by atoms with Crippen LogP contribution in [0.5, 0.6) is 0 Å². The summed E-state index contributed by atoms with van der Waals surface area (Å²) in [6.07, 6.45) is 2.86. The first-order valence-electron chi connectivity index (χ1n) is 7.78. The Morgan fingerprint density at radius 2 is 1.75 bits per heavy atom. The van der Waals surface area contributed by atoms with Gasteiger partial charge in [0.15, 0.2) is 0 Å². The number of aryl methyl sites for hydroxylation is 2. The highest BCUT2D eigenvalue weighted by atomic mass is 32.2. The van der Waals surface area contributed by atoms with Gasteiger partial charge < -0.3 is 9.32 Å². The molecule has 3 rings (SSSR count). The zero-order valence-electron chi connectivity index (χ0n) is 13.7. The van der Waals surface area contributed by atoms with Gasteiger partial charge in [-0.15, -0.1) is 0 Å². The number of amides is 1. The molecular weight excluding hydrogens is 328 g/mol. The Kier molecular flexibility index (Phi) is 4.47. The molecule has 1 aliphatic heterocycles. The molecule has 2 aromatic rings. The van der Waals surface area contributed by atoms with Gasteiger partial charge in [0, 0.05) is 26.2 Å². The smallest absolute Gasteiger partial charge is 0.257 e. The fraction of sp³-hybridized carbons (Fsp3) is 0.353. The van der Waals surface area contributed by atoms with Gasteiger partial charge in [0.2, 0.25) is 10.0 Å². The summed E-state index contributed by atoms with van der Waals surface area (Å²) in [7, 11) is -3.53. The van der Waals surface area contributed by atoms with Gasteiger partial charge in [0.1, 0.15) is 6.26 Å². The van der Waals surface area contributed by atoms with Crippen molar-refractivity contribution in [3.05, 3.63) is 53.5 Å². The summed E-state index contributed by atoms with van der Waals surface area (Å²) >= 11 is 0. The summed E-state index contributed by atoms with van der Waals surface area (Å²) in [5.41, 5.74) is 2.50. The maximum Gasteiger partial charge on any atom is 0.257 e. The monoisotopic (exact) mass is 348 g/mol. The molecular formula is C17H20N2O4S. The molecule has 0 aliphatic carbocycles. The summed E-state index contributed by atoms with van der Waals surface area (Å²) in [4.78, 5) is 14.2. The number of piperazine rings is 1. The number of rotatable bonds is 3. The van der Waals surface area contributed by atoms with E-state index in [1.54, 1.807) is 23.1 Å². The van der Waals surface area contributed by atoms with Crippen LogP contribution >= 0.6 is 0 Å². The number of sulfonamides is 1. The first-order valence-corrected chi connectivity index (χ1v) is 9.22. The van der Waals surface area contributed by atoms with E-state index in [-0.39, 0.29) is 5.91 Å². The molecule has 0 saturated carbocycles. The van der Waals surface area contributed by atoms with E-state index in [1.165, 1.54) is 16.8 Å². The second-order valence-corrected chi connectivity index (χ2v) is 7.89. The second-order valence-electron chi connectivity index (χ2n) is 5.95. The Labute approximate surface area is 141 Å². The molecule has 7 heteroatoms. The van der Waals surface area contributed by atoms with Crippen LogP contribution in [0.15, 0.2) is 46.1 Å². The minimum absolute atomic E-state index is 0.132. The van der Waals surface area contributed by atoms with Crippen molar-refractivity contribution >= 4 is 15.9 Å². The Morgan fingerprint density at radius 3 is 2.33 bits per heavy atom. The third kappa shape index (κ3) is 3.09. The second kappa shape index (κ2) is 6.41. The largest absolute Gasteiger partial charge is 0.472 e. The van der Waals surface area contributed by atoms with E-state index in [0.29, 0.717) is 36.6 Å². The normalized spacial score (nSPS) is 16.3. The highest BCUT2D eigenvalue weighted by molar-refractivity contribution is 7.89. The number of hydrogen-bond donors (Lipinski definition) is 0. The number of furan rings is 1. The van der Waals surface area contributed by atoms with Crippen LogP contribution in [0.3, 0.4) is 0 Å². The number of hydrogen-bond acceptors (Lipinski definition) is 4. The molecule has 1 fully saturated rings. The third-order valence-electron chi connectivity index (χ3n) is 4.41. The lowest BCUT2D eigenvalue weighted by atomic mass is 10.1. The molecule has 1 saturated heterocycles. The van der Waals surface area contributed by atoms with Crippen molar-refractivity contribution in [1.82, 2.24) is 9.21 Å². The molecule has 1 aromatic heterocycles. The zero-order valence-corrected chi connectivity index (χ0v) is 14.5. The Hall–Kier alpha value is -2.12. The van der Waals surface area contributed by atoms with E-state index in [1.807, 2.05) is 19.9 Å². The Bertz CT molecular complexity index is 835. The lowest BCUT2D eigenvalue weighted by Crippen LogP contribution is -2.50. The molecule has 128 valence electrons. The molecule has 1 aromatic carbocycles. The van der Waals surface area contributed by atoms with Crippen LogP contribution < -0.4 is 0 Å². The van der Waals surface area contributed by atoms with Crippen molar-refractivity contribution in [3.63, 3.8) is 0 Å². The third-order valence-corrected chi connectivity index (χ3v) is 6.30. The summed E-state index contributed by atoms with van der Waals surface area (Å²) in [6.45, 7) is 5.17. The maximum atomic E-state index is 12.8. The molecule has 1 aliphatic rings. The number of nitrogens with zero attached hydrogens (tertiary/aromatic N) is 2. The molecule has 0 bridgehead atoms. The van der Waals surface area contributed by atoms with Crippen molar-refractivity contribution in [2.75, 3.05) is 26.2 Å². The van der Waals surface area contributed by atoms with Crippen LogP contribution in [0.4, 0.5) is 0 Å². The highest BCUT2D eigenvalue weighted by Crippen LogP contribution is 2.21. The van der Waals surface area contributed by atoms with E-state index in [4.69, 9.17) is 4.42 Å². The Balaban J connectivity index is 1.71. The van der Waals surface area contributed by atoms with Gasteiger partial charge >= 0.3 is 0 Å². The highest BCUT2D eigenvalue weighted by Gasteiger charge is 2.30. The van der Waals surface area contributed by atoms with Crippen molar-refractivity contribution in [1.29, 1.82) is 0 Å². The average molecular weight is 348 g/mol. The van der Waals surface area contributed by atoms with Gasteiger partial charge in [-0.3, -0.25) is 4.79 Å². The van der Waals surface area contributed by atoms with Crippen LogP contribution in [0, 0.1) is 13.8 Å². The predicted octanol–water partition coefficient (Wildman–Crippen LogP) is 2.04. The molecule has 0 radical (unpaired) electrons. The van der Waals surface area contributed by atoms with Crippen molar-refractivity contribution in [2.24, 2.45) is 0 Å². The van der Waals surface area contributed by atoms with Crippen molar-refractivity contribution < 1.29 is 17.6 Å². The fourth-order valence-corrected chi connectivity index (χ4v) is 4.23. The van der Waals surface area contributed by atoms with Crippen LogP contribution in [0.25, 0.3) is 0 Å². The molecule has 0 unspecified atom stereocenters. The fourth-order valence-electron chi connectivity index (χ4n) is 2.72. The van der Waals surface area contributed by atoms with E-state index in [2.05, 4.69) is 0 Å². The molecule has 0 atom stereocenters. The first kappa shape index (κ1) is 16.7. The topological polar surface area (TPSA) is 70.8 Å². The summed E-state index contributed by atoms with van der Waals surface area (Å²) in [6, 6.07) is 6.77. The van der Waals surface area contributed by atoms with E-state index >= 15 is 0 Å². The number of carbonyl (C=O) groups excluding carboxylic acids is 1. The lowest BCUT2D eigenvalue weighted by Gasteiger charge is -2.33. The minimum atomic E-state index is -3.53. The van der Waals surface area contributed by atoms with Gasteiger partial charge in [-0.05, 0) is 43.2 Å². The molecule has 24 heavy (non-hydrogen) atoms.